The molecule has 1 aromatic carbocycles. The standard InChI is InChI=1S/C11H15FN2/c1-6-8(12)5-10(14)7-3-2-4-9(13)11(6)7/h5,9H,2-4,13-14H2,1H3. The summed E-state index contributed by atoms with van der Waals surface area (Å²) in [5.41, 5.74) is 15.0. The van der Waals surface area contributed by atoms with Gasteiger partial charge < -0.3 is 11.5 Å². The van der Waals surface area contributed by atoms with E-state index in [1.807, 2.05) is 0 Å². The van der Waals surface area contributed by atoms with Gasteiger partial charge in [0.2, 0.25) is 0 Å². The van der Waals surface area contributed by atoms with Crippen molar-refractivity contribution in [3.63, 3.8) is 0 Å². The van der Waals surface area contributed by atoms with Crippen LogP contribution >= 0.6 is 0 Å². The van der Waals surface area contributed by atoms with Crippen molar-refractivity contribution in [1.82, 2.24) is 0 Å². The highest BCUT2D eigenvalue weighted by Gasteiger charge is 2.22. The number of fused-ring (bicyclic) bond motifs is 1. The lowest BCUT2D eigenvalue weighted by molar-refractivity contribution is 0.551. The predicted molar refractivity (Wildman–Crippen MR) is 55.4 cm³/mol. The van der Waals surface area contributed by atoms with Gasteiger partial charge in [-0.25, -0.2) is 4.39 Å². The fourth-order valence-electron chi connectivity index (χ4n) is 2.27. The average molecular weight is 194 g/mol. The summed E-state index contributed by atoms with van der Waals surface area (Å²) in [5.74, 6) is -0.237. The van der Waals surface area contributed by atoms with Crippen LogP contribution in [0.3, 0.4) is 0 Å². The average Bonchev–Trinajstić information content (AvgIpc) is 2.14. The number of hydrogen-bond acceptors (Lipinski definition) is 2. The summed E-state index contributed by atoms with van der Waals surface area (Å²) >= 11 is 0. The number of anilines is 1. The molecule has 0 saturated heterocycles. The van der Waals surface area contributed by atoms with E-state index in [0.717, 1.165) is 30.4 Å². The van der Waals surface area contributed by atoms with Crippen LogP contribution in [-0.4, -0.2) is 0 Å². The van der Waals surface area contributed by atoms with E-state index < -0.39 is 0 Å². The SMILES string of the molecule is Cc1c(F)cc(N)c2c1C(N)CCC2. The molecule has 76 valence electrons. The number of nitrogens with two attached hydrogens (primary N) is 2. The van der Waals surface area contributed by atoms with Gasteiger partial charge in [-0.3, -0.25) is 0 Å². The molecule has 4 N–H and O–H groups in total. The van der Waals surface area contributed by atoms with Gasteiger partial charge in [0.15, 0.2) is 0 Å². The molecule has 0 radical (unpaired) electrons. The van der Waals surface area contributed by atoms with Crippen molar-refractivity contribution < 1.29 is 4.39 Å². The number of nitrogen functional groups attached to an aromatic ring is 1. The van der Waals surface area contributed by atoms with Crippen LogP contribution in [0, 0.1) is 12.7 Å². The maximum absolute atomic E-state index is 13.4. The summed E-state index contributed by atoms with van der Waals surface area (Å²) in [4.78, 5) is 0. The van der Waals surface area contributed by atoms with Crippen molar-refractivity contribution in [1.29, 1.82) is 0 Å². The van der Waals surface area contributed by atoms with Gasteiger partial charge in [-0.05, 0) is 48.9 Å². The molecule has 14 heavy (non-hydrogen) atoms. The topological polar surface area (TPSA) is 52.0 Å². The van der Waals surface area contributed by atoms with Crippen LogP contribution in [0.5, 0.6) is 0 Å². The minimum atomic E-state index is -0.237. The van der Waals surface area contributed by atoms with Gasteiger partial charge in [0.05, 0.1) is 0 Å². The van der Waals surface area contributed by atoms with Crippen LogP contribution in [0.1, 0.15) is 35.6 Å². The van der Waals surface area contributed by atoms with Gasteiger partial charge in [-0.2, -0.15) is 0 Å². The zero-order valence-corrected chi connectivity index (χ0v) is 8.31. The van der Waals surface area contributed by atoms with Crippen molar-refractivity contribution in [3.05, 3.63) is 28.6 Å². The third kappa shape index (κ3) is 1.28. The number of rotatable bonds is 0. The first-order valence-electron chi connectivity index (χ1n) is 4.94. The van der Waals surface area contributed by atoms with Crippen molar-refractivity contribution in [2.24, 2.45) is 5.73 Å². The van der Waals surface area contributed by atoms with Crippen LogP contribution in [0.4, 0.5) is 10.1 Å². The quantitative estimate of drug-likeness (QED) is 0.621. The Kier molecular flexibility index (Phi) is 2.19. The first-order valence-corrected chi connectivity index (χ1v) is 4.94. The lowest BCUT2D eigenvalue weighted by atomic mass is 9.84. The molecule has 0 aliphatic heterocycles. The highest BCUT2D eigenvalue weighted by atomic mass is 19.1. The van der Waals surface area contributed by atoms with E-state index in [0.29, 0.717) is 11.3 Å². The molecule has 0 fully saturated rings. The summed E-state index contributed by atoms with van der Waals surface area (Å²) in [6, 6.07) is 1.36. The number of halogens is 1. The maximum Gasteiger partial charge on any atom is 0.128 e. The Labute approximate surface area is 83.1 Å². The van der Waals surface area contributed by atoms with E-state index in [1.165, 1.54) is 6.07 Å². The van der Waals surface area contributed by atoms with Crippen molar-refractivity contribution in [2.45, 2.75) is 32.2 Å². The molecule has 1 aliphatic carbocycles. The zero-order chi connectivity index (χ0) is 10.3. The molecule has 1 aliphatic rings. The van der Waals surface area contributed by atoms with Gasteiger partial charge in [0, 0.05) is 11.7 Å². The van der Waals surface area contributed by atoms with Crippen LogP contribution in [0.2, 0.25) is 0 Å². The van der Waals surface area contributed by atoms with Gasteiger partial charge in [0.25, 0.3) is 0 Å². The summed E-state index contributed by atoms with van der Waals surface area (Å²) in [5, 5.41) is 0. The van der Waals surface area contributed by atoms with Crippen LogP contribution < -0.4 is 11.5 Å². The van der Waals surface area contributed by atoms with E-state index in [1.54, 1.807) is 6.92 Å². The second-order valence-corrected chi connectivity index (χ2v) is 3.96. The third-order valence-corrected chi connectivity index (χ3v) is 3.03. The largest absolute Gasteiger partial charge is 0.398 e. The Morgan fingerprint density at radius 2 is 2.21 bits per heavy atom. The van der Waals surface area contributed by atoms with Gasteiger partial charge in [-0.1, -0.05) is 0 Å². The van der Waals surface area contributed by atoms with Crippen LogP contribution in [-0.2, 0) is 6.42 Å². The molecule has 0 amide bonds. The summed E-state index contributed by atoms with van der Waals surface area (Å²) in [6.45, 7) is 1.78. The Morgan fingerprint density at radius 3 is 2.93 bits per heavy atom. The summed E-state index contributed by atoms with van der Waals surface area (Å²) < 4.78 is 13.4. The Bertz CT molecular complexity index is 374. The molecular weight excluding hydrogens is 179 g/mol. The molecule has 0 aromatic heterocycles. The monoisotopic (exact) mass is 194 g/mol. The molecule has 0 spiro atoms. The highest BCUT2D eigenvalue weighted by Crippen LogP contribution is 2.35. The molecule has 1 atom stereocenters. The minimum absolute atomic E-state index is 0.0447. The lowest BCUT2D eigenvalue weighted by Crippen LogP contribution is -2.20. The van der Waals surface area contributed by atoms with Gasteiger partial charge in [0.1, 0.15) is 5.82 Å². The second-order valence-electron chi connectivity index (χ2n) is 3.96. The first-order chi connectivity index (χ1) is 6.61. The van der Waals surface area contributed by atoms with E-state index >= 15 is 0 Å². The maximum atomic E-state index is 13.4. The minimum Gasteiger partial charge on any atom is -0.398 e. The molecule has 2 nitrogen and oxygen atoms in total. The van der Waals surface area contributed by atoms with E-state index in [-0.39, 0.29) is 11.9 Å². The van der Waals surface area contributed by atoms with Crippen molar-refractivity contribution >= 4 is 5.69 Å². The Morgan fingerprint density at radius 1 is 1.50 bits per heavy atom. The molecule has 2 rings (SSSR count). The van der Waals surface area contributed by atoms with E-state index in [9.17, 15) is 4.39 Å². The Hall–Kier alpha value is -1.09. The number of hydrogen-bond donors (Lipinski definition) is 2. The fourth-order valence-corrected chi connectivity index (χ4v) is 2.27. The predicted octanol–water partition coefficient (Wildman–Crippen LogP) is 2.05. The molecule has 0 heterocycles. The molecule has 1 aromatic rings. The van der Waals surface area contributed by atoms with E-state index in [2.05, 4.69) is 0 Å². The van der Waals surface area contributed by atoms with Crippen LogP contribution in [0.15, 0.2) is 6.07 Å². The third-order valence-electron chi connectivity index (χ3n) is 3.03. The molecular formula is C11H15FN2. The second kappa shape index (κ2) is 3.24. The number of benzene rings is 1. The molecule has 3 heteroatoms. The van der Waals surface area contributed by atoms with E-state index in [4.69, 9.17) is 11.5 Å². The molecule has 0 bridgehead atoms. The van der Waals surface area contributed by atoms with Crippen molar-refractivity contribution in [3.8, 4) is 0 Å². The first kappa shape index (κ1) is 9.46. The normalized spacial score (nSPS) is 20.6. The molecule has 0 saturated carbocycles. The van der Waals surface area contributed by atoms with Crippen molar-refractivity contribution in [2.75, 3.05) is 5.73 Å². The van der Waals surface area contributed by atoms with Crippen LogP contribution in [0.25, 0.3) is 0 Å². The summed E-state index contributed by atoms with van der Waals surface area (Å²) in [7, 11) is 0. The lowest BCUT2D eigenvalue weighted by Gasteiger charge is -2.25. The zero-order valence-electron chi connectivity index (χ0n) is 8.31. The molecule has 1 unspecified atom stereocenters. The fraction of sp³-hybridized carbons (Fsp3) is 0.455. The highest BCUT2D eigenvalue weighted by molar-refractivity contribution is 5.56. The van der Waals surface area contributed by atoms with Gasteiger partial charge in [-0.15, -0.1) is 0 Å². The Balaban J connectivity index is 2.67. The summed E-state index contributed by atoms with van der Waals surface area (Å²) in [6.07, 6.45) is 2.90. The van der Waals surface area contributed by atoms with Gasteiger partial charge >= 0.3 is 0 Å². The smallest absolute Gasteiger partial charge is 0.128 e.